The van der Waals surface area contributed by atoms with Crippen LogP contribution < -0.4 is 0 Å². The third-order valence-corrected chi connectivity index (χ3v) is 2.64. The molecule has 0 aliphatic rings. The lowest BCUT2D eigenvalue weighted by Gasteiger charge is -2.20. The van der Waals surface area contributed by atoms with Crippen LogP contribution in [-0.2, 0) is 9.47 Å². The molecule has 1 aromatic heterocycles. The Kier molecular flexibility index (Phi) is 3.24. The average Bonchev–Trinajstić information content (AvgIpc) is 2.77. The van der Waals surface area contributed by atoms with Gasteiger partial charge in [-0.05, 0) is 29.1 Å². The molecule has 2 rings (SSSR count). The third-order valence-electron chi connectivity index (χ3n) is 2.64. The maximum atomic E-state index is 10.0. The van der Waals surface area contributed by atoms with Gasteiger partial charge >= 0.3 is 0 Å². The molecule has 4 nitrogen and oxygen atoms in total. The molecule has 2 aromatic rings. The second-order valence-corrected chi connectivity index (χ2v) is 3.61. The summed E-state index contributed by atoms with van der Waals surface area (Å²) in [6.07, 6.45) is 0.441. The summed E-state index contributed by atoms with van der Waals surface area (Å²) < 4.78 is 10.1. The molecule has 1 heterocycles. The predicted molar refractivity (Wildman–Crippen MR) is 61.1 cm³/mol. The fourth-order valence-corrected chi connectivity index (χ4v) is 1.77. The number of rotatable bonds is 4. The molecule has 0 spiro atoms. The molecule has 0 saturated carbocycles. The Balaban J connectivity index is 2.31. The lowest BCUT2D eigenvalue weighted by atomic mass is 10.1. The van der Waals surface area contributed by atoms with Crippen LogP contribution in [0.4, 0.5) is 0 Å². The van der Waals surface area contributed by atoms with Crippen LogP contribution in [0, 0.1) is 0 Å². The van der Waals surface area contributed by atoms with E-state index in [1.807, 2.05) is 30.5 Å². The van der Waals surface area contributed by atoms with E-state index < -0.39 is 12.4 Å². The van der Waals surface area contributed by atoms with Crippen molar-refractivity contribution in [3.05, 3.63) is 36.0 Å². The smallest absolute Gasteiger partial charge is 0.187 e. The number of aliphatic hydroxyl groups excluding tert-OH is 1. The molecule has 4 heteroatoms. The van der Waals surface area contributed by atoms with Gasteiger partial charge in [-0.2, -0.15) is 0 Å². The average molecular weight is 221 g/mol. The molecular weight excluding hydrogens is 206 g/mol. The fourth-order valence-electron chi connectivity index (χ4n) is 1.77. The first-order chi connectivity index (χ1) is 7.76. The van der Waals surface area contributed by atoms with E-state index in [4.69, 9.17) is 9.47 Å². The monoisotopic (exact) mass is 221 g/mol. The van der Waals surface area contributed by atoms with Crippen LogP contribution in [0.3, 0.4) is 0 Å². The van der Waals surface area contributed by atoms with Crippen LogP contribution in [0.25, 0.3) is 10.9 Å². The van der Waals surface area contributed by atoms with Crippen LogP contribution in [0.2, 0.25) is 0 Å². The first-order valence-electron chi connectivity index (χ1n) is 5.07. The highest BCUT2D eigenvalue weighted by Crippen LogP contribution is 2.23. The minimum atomic E-state index is -0.783. The Morgan fingerprint density at radius 2 is 1.94 bits per heavy atom. The van der Waals surface area contributed by atoms with Gasteiger partial charge in [0.2, 0.25) is 0 Å². The lowest BCUT2D eigenvalue weighted by molar-refractivity contribution is -0.166. The van der Waals surface area contributed by atoms with E-state index >= 15 is 0 Å². The number of aliphatic hydroxyl groups is 1. The van der Waals surface area contributed by atoms with Gasteiger partial charge in [-0.3, -0.25) is 0 Å². The SMILES string of the molecule is COC(OC)C(O)c1ccc2[nH]ccc2c1. The Hall–Kier alpha value is -1.36. The van der Waals surface area contributed by atoms with Gasteiger partial charge in [-0.25, -0.2) is 0 Å². The number of benzene rings is 1. The number of aromatic nitrogens is 1. The van der Waals surface area contributed by atoms with E-state index in [2.05, 4.69) is 4.98 Å². The third kappa shape index (κ3) is 1.95. The number of aromatic amines is 1. The molecule has 1 atom stereocenters. The van der Waals surface area contributed by atoms with Crippen LogP contribution in [0.1, 0.15) is 11.7 Å². The van der Waals surface area contributed by atoms with E-state index in [-0.39, 0.29) is 0 Å². The highest BCUT2D eigenvalue weighted by atomic mass is 16.7. The fraction of sp³-hybridized carbons (Fsp3) is 0.333. The number of hydrogen-bond donors (Lipinski definition) is 2. The molecule has 16 heavy (non-hydrogen) atoms. The van der Waals surface area contributed by atoms with Gasteiger partial charge in [-0.1, -0.05) is 6.07 Å². The molecule has 0 fully saturated rings. The number of hydrogen-bond acceptors (Lipinski definition) is 3. The van der Waals surface area contributed by atoms with Gasteiger partial charge in [0, 0.05) is 25.9 Å². The van der Waals surface area contributed by atoms with Crippen molar-refractivity contribution in [2.24, 2.45) is 0 Å². The van der Waals surface area contributed by atoms with Crippen molar-refractivity contribution in [3.63, 3.8) is 0 Å². The number of nitrogens with one attached hydrogen (secondary N) is 1. The predicted octanol–water partition coefficient (Wildman–Crippen LogP) is 1.82. The van der Waals surface area contributed by atoms with Gasteiger partial charge in [0.15, 0.2) is 6.29 Å². The molecule has 1 aromatic carbocycles. The van der Waals surface area contributed by atoms with Gasteiger partial charge in [-0.15, -0.1) is 0 Å². The Morgan fingerprint density at radius 3 is 2.62 bits per heavy atom. The summed E-state index contributed by atoms with van der Waals surface area (Å²) in [6.45, 7) is 0. The summed E-state index contributed by atoms with van der Waals surface area (Å²) in [5, 5.41) is 11.1. The van der Waals surface area contributed by atoms with Crippen molar-refractivity contribution in [2.45, 2.75) is 12.4 Å². The maximum Gasteiger partial charge on any atom is 0.187 e. The summed E-state index contributed by atoms with van der Waals surface area (Å²) >= 11 is 0. The summed E-state index contributed by atoms with van der Waals surface area (Å²) in [5.74, 6) is 0. The number of H-pyrrole nitrogens is 1. The first-order valence-corrected chi connectivity index (χ1v) is 5.07. The largest absolute Gasteiger partial charge is 0.383 e. The van der Waals surface area contributed by atoms with Crippen molar-refractivity contribution in [3.8, 4) is 0 Å². The zero-order valence-electron chi connectivity index (χ0n) is 9.31. The molecular formula is C12H15NO3. The number of methoxy groups -OCH3 is 2. The first kappa shape index (κ1) is 11.1. The molecule has 0 radical (unpaired) electrons. The Morgan fingerprint density at radius 1 is 1.19 bits per heavy atom. The van der Waals surface area contributed by atoms with E-state index in [9.17, 15) is 5.11 Å². The van der Waals surface area contributed by atoms with Gasteiger partial charge in [0.05, 0.1) is 0 Å². The van der Waals surface area contributed by atoms with E-state index in [0.717, 1.165) is 16.5 Å². The Bertz CT molecular complexity index is 462. The van der Waals surface area contributed by atoms with E-state index in [1.165, 1.54) is 14.2 Å². The van der Waals surface area contributed by atoms with Gasteiger partial charge in [0.25, 0.3) is 0 Å². The van der Waals surface area contributed by atoms with Gasteiger partial charge < -0.3 is 19.6 Å². The highest BCUT2D eigenvalue weighted by Gasteiger charge is 2.20. The number of fused-ring (bicyclic) bond motifs is 1. The summed E-state index contributed by atoms with van der Waals surface area (Å²) in [7, 11) is 3.01. The molecule has 0 amide bonds. The summed E-state index contributed by atoms with van der Waals surface area (Å²) in [4.78, 5) is 3.10. The maximum absolute atomic E-state index is 10.0. The normalized spacial score (nSPS) is 13.5. The quantitative estimate of drug-likeness (QED) is 0.774. The van der Waals surface area contributed by atoms with E-state index in [1.54, 1.807) is 0 Å². The second-order valence-electron chi connectivity index (χ2n) is 3.61. The standard InChI is InChI=1S/C12H15NO3/c1-15-12(16-2)11(14)9-3-4-10-8(7-9)5-6-13-10/h3-7,11-14H,1-2H3. The van der Waals surface area contributed by atoms with Crippen LogP contribution in [-0.4, -0.2) is 30.6 Å². The van der Waals surface area contributed by atoms with E-state index in [0.29, 0.717) is 0 Å². The minimum absolute atomic E-state index is 0.642. The van der Waals surface area contributed by atoms with Crippen molar-refractivity contribution >= 4 is 10.9 Å². The molecule has 1 unspecified atom stereocenters. The molecule has 0 bridgehead atoms. The molecule has 2 N–H and O–H groups in total. The Labute approximate surface area is 93.8 Å². The van der Waals surface area contributed by atoms with Crippen molar-refractivity contribution in [2.75, 3.05) is 14.2 Å². The zero-order chi connectivity index (χ0) is 11.5. The highest BCUT2D eigenvalue weighted by molar-refractivity contribution is 5.80. The molecule has 0 aliphatic carbocycles. The van der Waals surface area contributed by atoms with Crippen molar-refractivity contribution in [1.29, 1.82) is 0 Å². The number of ether oxygens (including phenoxy) is 2. The molecule has 0 saturated heterocycles. The summed E-state index contributed by atoms with van der Waals surface area (Å²) in [6, 6.07) is 7.66. The van der Waals surface area contributed by atoms with Crippen LogP contribution >= 0.6 is 0 Å². The summed E-state index contributed by atoms with van der Waals surface area (Å²) in [5.41, 5.74) is 1.82. The van der Waals surface area contributed by atoms with Crippen molar-refractivity contribution in [1.82, 2.24) is 4.98 Å². The zero-order valence-corrected chi connectivity index (χ0v) is 9.31. The molecule has 86 valence electrons. The van der Waals surface area contributed by atoms with Crippen LogP contribution in [0.5, 0.6) is 0 Å². The lowest BCUT2D eigenvalue weighted by Crippen LogP contribution is -2.22. The minimum Gasteiger partial charge on any atom is -0.383 e. The van der Waals surface area contributed by atoms with Crippen molar-refractivity contribution < 1.29 is 14.6 Å². The van der Waals surface area contributed by atoms with Crippen LogP contribution in [0.15, 0.2) is 30.5 Å². The molecule has 0 aliphatic heterocycles. The van der Waals surface area contributed by atoms with Gasteiger partial charge in [0.1, 0.15) is 6.10 Å². The second kappa shape index (κ2) is 4.65. The topological polar surface area (TPSA) is 54.5 Å².